The fourth-order valence-corrected chi connectivity index (χ4v) is 8.47. The average Bonchev–Trinajstić information content (AvgIpc) is 3.87. The molecular weight excluding hydrogens is 589 g/mol. The molecule has 2 aromatic carbocycles. The molecule has 8 aromatic rings. The third-order valence-electron chi connectivity index (χ3n) is 7.44. The summed E-state index contributed by atoms with van der Waals surface area (Å²) in [6, 6.07) is 44.2. The topological polar surface area (TPSA) is 9.86 Å². The maximum absolute atomic E-state index is 2.38. The lowest BCUT2D eigenvalue weighted by Gasteiger charge is -2.15. The van der Waals surface area contributed by atoms with E-state index in [0.717, 1.165) is 0 Å². The monoisotopic (exact) mass is 612 g/mol. The molecule has 6 heterocycles. The number of hydrogen-bond donors (Lipinski definition) is 0. The van der Waals surface area contributed by atoms with Gasteiger partial charge in [-0.1, -0.05) is 48.5 Å². The van der Waals surface area contributed by atoms with E-state index in [1.54, 1.807) is 45.3 Å². The van der Waals surface area contributed by atoms with Gasteiger partial charge >= 0.3 is 0 Å². The molecule has 202 valence electrons. The number of thiophene rings is 4. The highest BCUT2D eigenvalue weighted by atomic mass is 32.1. The Bertz CT molecular complexity index is 1780. The van der Waals surface area contributed by atoms with Crippen molar-refractivity contribution in [2.45, 2.75) is 0 Å². The van der Waals surface area contributed by atoms with Gasteiger partial charge in [-0.3, -0.25) is 0 Å². The highest BCUT2D eigenvalue weighted by Crippen LogP contribution is 2.38. The second-order valence-electron chi connectivity index (χ2n) is 9.88. The smallest absolute Gasteiger partial charge is 0.0635 e. The minimum atomic E-state index is 1.17. The van der Waals surface area contributed by atoms with Crippen molar-refractivity contribution in [3.63, 3.8) is 0 Å². The Kier molecular flexibility index (Phi) is 6.62. The predicted molar refractivity (Wildman–Crippen MR) is 184 cm³/mol. The first-order chi connectivity index (χ1) is 20.8. The zero-order valence-corrected chi connectivity index (χ0v) is 25.6. The van der Waals surface area contributed by atoms with Crippen LogP contribution in [0.4, 0.5) is 0 Å². The van der Waals surface area contributed by atoms with Gasteiger partial charge in [0, 0.05) is 11.4 Å². The standard InChI is InChI=1S/C36H24N2S4/c1-5-33(39-21-1)29-17-18-30(34-6-2-22-40-34)37(29)27-13-9-25(10-14-27)26-11-15-28(16-12-26)38-31(35-7-3-23-41-35)19-20-32(38)36-8-4-24-42-36/h1-24H. The molecule has 0 aliphatic heterocycles. The summed E-state index contributed by atoms with van der Waals surface area (Å²) < 4.78 is 4.77. The van der Waals surface area contributed by atoms with E-state index in [1.165, 1.54) is 64.8 Å². The number of benzene rings is 2. The molecule has 0 fully saturated rings. The quantitative estimate of drug-likeness (QED) is 0.169. The summed E-state index contributed by atoms with van der Waals surface area (Å²) in [4.78, 5) is 5.08. The van der Waals surface area contributed by atoms with Gasteiger partial charge < -0.3 is 9.13 Å². The van der Waals surface area contributed by atoms with Gasteiger partial charge in [-0.15, -0.1) is 45.3 Å². The molecular formula is C36H24N2S4. The molecule has 0 radical (unpaired) electrons. The molecule has 8 rings (SSSR count). The van der Waals surface area contributed by atoms with Crippen LogP contribution in [0.5, 0.6) is 0 Å². The van der Waals surface area contributed by atoms with Gasteiger partial charge in [0.05, 0.1) is 42.3 Å². The van der Waals surface area contributed by atoms with Crippen molar-refractivity contribution in [1.29, 1.82) is 0 Å². The molecule has 0 saturated heterocycles. The summed E-state index contributed by atoms with van der Waals surface area (Å²) in [5, 5.41) is 8.57. The van der Waals surface area contributed by atoms with Gasteiger partial charge in [-0.25, -0.2) is 0 Å². The van der Waals surface area contributed by atoms with Crippen molar-refractivity contribution < 1.29 is 0 Å². The Hall–Kier alpha value is -4.20. The van der Waals surface area contributed by atoms with Crippen molar-refractivity contribution in [2.24, 2.45) is 0 Å². The van der Waals surface area contributed by atoms with Crippen LogP contribution in [0.2, 0.25) is 0 Å². The molecule has 0 N–H and O–H groups in total. The molecule has 2 nitrogen and oxygen atoms in total. The van der Waals surface area contributed by atoms with Gasteiger partial charge in [0.1, 0.15) is 0 Å². The van der Waals surface area contributed by atoms with Gasteiger partial charge in [0.2, 0.25) is 0 Å². The molecule has 0 aliphatic carbocycles. The van der Waals surface area contributed by atoms with Crippen LogP contribution in [-0.4, -0.2) is 9.13 Å². The Morgan fingerprint density at radius 1 is 0.310 bits per heavy atom. The first-order valence-electron chi connectivity index (χ1n) is 13.6. The van der Waals surface area contributed by atoms with Crippen molar-refractivity contribution in [3.8, 4) is 64.8 Å². The molecule has 0 bridgehead atoms. The molecule has 6 aromatic heterocycles. The van der Waals surface area contributed by atoms with Gasteiger partial charge in [0.15, 0.2) is 0 Å². The minimum absolute atomic E-state index is 1.17. The first kappa shape index (κ1) is 25.5. The Labute approximate surface area is 260 Å². The molecule has 42 heavy (non-hydrogen) atoms. The maximum Gasteiger partial charge on any atom is 0.0635 e. The van der Waals surface area contributed by atoms with Gasteiger partial charge in [-0.2, -0.15) is 0 Å². The lowest BCUT2D eigenvalue weighted by atomic mass is 10.0. The van der Waals surface area contributed by atoms with E-state index >= 15 is 0 Å². The molecule has 0 saturated carbocycles. The predicted octanol–water partition coefficient (Wildman–Crippen LogP) is 11.8. The summed E-state index contributed by atoms with van der Waals surface area (Å²) in [5.41, 5.74) is 9.64. The van der Waals surface area contributed by atoms with E-state index in [0.29, 0.717) is 0 Å². The molecule has 0 unspecified atom stereocenters. The fraction of sp³-hybridized carbons (Fsp3) is 0. The zero-order valence-electron chi connectivity index (χ0n) is 22.4. The zero-order chi connectivity index (χ0) is 27.9. The summed E-state index contributed by atoms with van der Waals surface area (Å²) in [5.74, 6) is 0. The van der Waals surface area contributed by atoms with Gasteiger partial charge in [-0.05, 0) is 105 Å². The second-order valence-corrected chi connectivity index (χ2v) is 13.7. The van der Waals surface area contributed by atoms with Crippen molar-refractivity contribution >= 4 is 45.3 Å². The average molecular weight is 613 g/mol. The number of aromatic nitrogens is 2. The largest absolute Gasteiger partial charge is 0.308 e. The Balaban J connectivity index is 1.15. The van der Waals surface area contributed by atoms with E-state index in [-0.39, 0.29) is 0 Å². The lowest BCUT2D eigenvalue weighted by molar-refractivity contribution is 1.10. The summed E-state index contributed by atoms with van der Waals surface area (Å²) >= 11 is 7.11. The molecule has 0 spiro atoms. The van der Waals surface area contributed by atoms with Gasteiger partial charge in [0.25, 0.3) is 0 Å². The van der Waals surface area contributed by atoms with E-state index in [1.807, 2.05) is 0 Å². The van der Waals surface area contributed by atoms with Crippen LogP contribution in [0.3, 0.4) is 0 Å². The third kappa shape index (κ3) is 4.53. The van der Waals surface area contributed by atoms with Crippen molar-refractivity contribution in [3.05, 3.63) is 143 Å². The van der Waals surface area contributed by atoms with Crippen LogP contribution in [0.15, 0.2) is 143 Å². The van der Waals surface area contributed by atoms with Crippen molar-refractivity contribution in [2.75, 3.05) is 0 Å². The number of nitrogens with zero attached hydrogens (tertiary/aromatic N) is 2. The normalized spacial score (nSPS) is 11.3. The first-order valence-corrected chi connectivity index (χ1v) is 17.2. The lowest BCUT2D eigenvalue weighted by Crippen LogP contribution is -1.98. The summed E-state index contributed by atoms with van der Waals surface area (Å²) in [6.07, 6.45) is 0. The fourth-order valence-electron chi connectivity index (χ4n) is 5.50. The van der Waals surface area contributed by atoms with Crippen molar-refractivity contribution in [1.82, 2.24) is 9.13 Å². The number of rotatable bonds is 7. The van der Waals surface area contributed by atoms with Crippen LogP contribution in [0.25, 0.3) is 64.8 Å². The van der Waals surface area contributed by atoms with E-state index in [2.05, 4.69) is 152 Å². The number of hydrogen-bond acceptors (Lipinski definition) is 4. The molecule has 0 atom stereocenters. The molecule has 0 aliphatic rings. The third-order valence-corrected chi connectivity index (χ3v) is 11.0. The highest BCUT2D eigenvalue weighted by molar-refractivity contribution is 7.14. The van der Waals surface area contributed by atoms with Crippen LogP contribution in [-0.2, 0) is 0 Å². The van der Waals surface area contributed by atoms with Crippen LogP contribution in [0, 0.1) is 0 Å². The Morgan fingerprint density at radius 3 is 0.833 bits per heavy atom. The van der Waals surface area contributed by atoms with E-state index < -0.39 is 0 Å². The van der Waals surface area contributed by atoms with Crippen LogP contribution < -0.4 is 0 Å². The molecule has 0 amide bonds. The molecule has 6 heteroatoms. The Morgan fingerprint density at radius 2 is 0.595 bits per heavy atom. The van der Waals surface area contributed by atoms with Crippen LogP contribution >= 0.6 is 45.3 Å². The van der Waals surface area contributed by atoms with Crippen LogP contribution in [0.1, 0.15) is 0 Å². The highest BCUT2D eigenvalue weighted by Gasteiger charge is 2.17. The summed E-state index contributed by atoms with van der Waals surface area (Å²) in [6.45, 7) is 0. The van der Waals surface area contributed by atoms with E-state index in [9.17, 15) is 0 Å². The SMILES string of the molecule is c1csc(-c2ccc(-c3cccs3)n2-c2ccc(-c3ccc(-n4c(-c5cccs5)ccc4-c4cccs4)cc3)cc2)c1. The summed E-state index contributed by atoms with van der Waals surface area (Å²) in [7, 11) is 0. The minimum Gasteiger partial charge on any atom is -0.308 e. The second kappa shape index (κ2) is 10.9. The maximum atomic E-state index is 2.38. The van der Waals surface area contributed by atoms with E-state index in [4.69, 9.17) is 0 Å².